The molecular weight excluding hydrogens is 333 g/mol. The van der Waals surface area contributed by atoms with Gasteiger partial charge in [0, 0.05) is 9.61 Å². The maximum Gasteiger partial charge on any atom is 0.0516 e. The Morgan fingerprint density at radius 1 is 1.28 bits per heavy atom. The molecule has 0 spiro atoms. The molecule has 2 aliphatic rings. The van der Waals surface area contributed by atoms with Crippen molar-refractivity contribution in [1.82, 2.24) is 0 Å². The second-order valence-corrected chi connectivity index (χ2v) is 7.82. The zero-order valence-electron chi connectivity index (χ0n) is 11.5. The van der Waals surface area contributed by atoms with Crippen molar-refractivity contribution in [3.63, 3.8) is 0 Å². The van der Waals surface area contributed by atoms with E-state index in [0.29, 0.717) is 11.5 Å². The summed E-state index contributed by atoms with van der Waals surface area (Å²) < 4.78 is 1.37. The first kappa shape index (κ1) is 12.8. The summed E-state index contributed by atoms with van der Waals surface area (Å²) in [6.45, 7) is 7.28. The molecule has 0 bridgehead atoms. The number of benzene rings is 1. The molecule has 1 aromatic carbocycles. The molecule has 1 aliphatic carbocycles. The average molecular weight is 355 g/mol. The van der Waals surface area contributed by atoms with E-state index in [2.05, 4.69) is 66.9 Å². The highest BCUT2D eigenvalue weighted by Crippen LogP contribution is 2.49. The SMILES string of the molecule is C[C@@H]1CC[C@@H]2[C@H](C1)Nc1c(I)cccc1C2(C)C. The molecule has 0 amide bonds. The number of rotatable bonds is 0. The van der Waals surface area contributed by atoms with Crippen LogP contribution in [0.15, 0.2) is 18.2 Å². The van der Waals surface area contributed by atoms with Gasteiger partial charge in [-0.05, 0) is 64.3 Å². The third-order valence-electron chi connectivity index (χ3n) is 5.08. The van der Waals surface area contributed by atoms with Gasteiger partial charge >= 0.3 is 0 Å². The van der Waals surface area contributed by atoms with Gasteiger partial charge in [0.2, 0.25) is 0 Å². The fourth-order valence-electron chi connectivity index (χ4n) is 4.00. The average Bonchev–Trinajstić information content (AvgIpc) is 2.30. The largest absolute Gasteiger partial charge is 0.381 e. The topological polar surface area (TPSA) is 12.0 Å². The Kier molecular flexibility index (Phi) is 3.12. The first-order valence-corrected chi connectivity index (χ1v) is 8.13. The zero-order chi connectivity index (χ0) is 12.9. The highest BCUT2D eigenvalue weighted by molar-refractivity contribution is 14.1. The summed E-state index contributed by atoms with van der Waals surface area (Å²) in [7, 11) is 0. The summed E-state index contributed by atoms with van der Waals surface area (Å²) in [6, 6.07) is 7.41. The highest BCUT2D eigenvalue weighted by Gasteiger charge is 2.44. The Bertz CT molecular complexity index is 466. The van der Waals surface area contributed by atoms with Crippen LogP contribution in [0.1, 0.15) is 45.6 Å². The predicted octanol–water partition coefficient (Wildman–Crippen LogP) is 4.80. The van der Waals surface area contributed by atoms with Crippen molar-refractivity contribution in [1.29, 1.82) is 0 Å². The molecule has 18 heavy (non-hydrogen) atoms. The van der Waals surface area contributed by atoms with E-state index in [1.165, 1.54) is 34.1 Å². The number of nitrogens with one attached hydrogen (secondary N) is 1. The molecule has 1 N–H and O–H groups in total. The second kappa shape index (κ2) is 4.39. The molecule has 1 fully saturated rings. The quantitative estimate of drug-likeness (QED) is 0.660. The summed E-state index contributed by atoms with van der Waals surface area (Å²) in [5.74, 6) is 1.66. The predicted molar refractivity (Wildman–Crippen MR) is 86.1 cm³/mol. The number of para-hydroxylation sites is 1. The molecular formula is C16H22IN. The molecule has 0 saturated heterocycles. The molecule has 1 nitrogen and oxygen atoms in total. The lowest BCUT2D eigenvalue weighted by Gasteiger charge is -2.50. The Hall–Kier alpha value is -0.250. The minimum Gasteiger partial charge on any atom is -0.381 e. The standard InChI is InChI=1S/C16H22IN/c1-10-7-8-11-14(9-10)18-15-12(16(11,2)3)5-4-6-13(15)17/h4-6,10-11,14,18H,7-9H2,1-3H3/t10-,11-,14+/m1/s1. The monoisotopic (exact) mass is 355 g/mol. The van der Waals surface area contributed by atoms with Crippen LogP contribution >= 0.6 is 22.6 Å². The minimum absolute atomic E-state index is 0.312. The van der Waals surface area contributed by atoms with Gasteiger partial charge in [0.1, 0.15) is 0 Å². The van der Waals surface area contributed by atoms with Gasteiger partial charge in [-0.1, -0.05) is 39.3 Å². The number of hydrogen-bond acceptors (Lipinski definition) is 1. The Morgan fingerprint density at radius 2 is 2.06 bits per heavy atom. The summed E-state index contributed by atoms with van der Waals surface area (Å²) in [6.07, 6.45) is 4.10. The van der Waals surface area contributed by atoms with Gasteiger partial charge in [-0.2, -0.15) is 0 Å². The lowest BCUT2D eigenvalue weighted by Crippen LogP contribution is -2.49. The highest BCUT2D eigenvalue weighted by atomic mass is 127. The van der Waals surface area contributed by atoms with E-state index in [1.807, 2.05) is 0 Å². The van der Waals surface area contributed by atoms with Gasteiger partial charge in [-0.3, -0.25) is 0 Å². The van der Waals surface area contributed by atoms with E-state index in [0.717, 1.165) is 11.8 Å². The van der Waals surface area contributed by atoms with Crippen molar-refractivity contribution in [3.05, 3.63) is 27.3 Å². The van der Waals surface area contributed by atoms with E-state index in [4.69, 9.17) is 0 Å². The first-order valence-electron chi connectivity index (χ1n) is 7.05. The zero-order valence-corrected chi connectivity index (χ0v) is 13.6. The molecule has 1 saturated carbocycles. The van der Waals surface area contributed by atoms with E-state index in [1.54, 1.807) is 0 Å². The van der Waals surface area contributed by atoms with Crippen LogP contribution in [0.3, 0.4) is 0 Å². The van der Waals surface area contributed by atoms with Crippen LogP contribution in [0.25, 0.3) is 0 Å². The van der Waals surface area contributed by atoms with E-state index >= 15 is 0 Å². The lowest BCUT2D eigenvalue weighted by atomic mass is 9.61. The summed E-state index contributed by atoms with van der Waals surface area (Å²) in [5.41, 5.74) is 3.23. The van der Waals surface area contributed by atoms with Crippen LogP contribution in [-0.2, 0) is 5.41 Å². The minimum atomic E-state index is 0.312. The van der Waals surface area contributed by atoms with Crippen molar-refractivity contribution < 1.29 is 0 Å². The molecule has 1 heterocycles. The smallest absolute Gasteiger partial charge is 0.0516 e. The van der Waals surface area contributed by atoms with Gasteiger partial charge < -0.3 is 5.32 Å². The number of anilines is 1. The molecule has 0 unspecified atom stereocenters. The number of halogens is 1. The fourth-order valence-corrected chi connectivity index (χ4v) is 4.65. The Labute approximate surface area is 124 Å². The first-order chi connectivity index (χ1) is 8.50. The Morgan fingerprint density at radius 3 is 2.83 bits per heavy atom. The number of fused-ring (bicyclic) bond motifs is 2. The van der Waals surface area contributed by atoms with E-state index < -0.39 is 0 Å². The maximum atomic E-state index is 3.85. The van der Waals surface area contributed by atoms with Crippen molar-refractivity contribution in [3.8, 4) is 0 Å². The molecule has 0 radical (unpaired) electrons. The Balaban J connectivity index is 2.07. The van der Waals surface area contributed by atoms with Crippen LogP contribution in [0.4, 0.5) is 5.69 Å². The van der Waals surface area contributed by atoms with Gasteiger partial charge in [0.15, 0.2) is 0 Å². The van der Waals surface area contributed by atoms with Crippen LogP contribution < -0.4 is 5.32 Å². The number of hydrogen-bond donors (Lipinski definition) is 1. The molecule has 1 aliphatic heterocycles. The van der Waals surface area contributed by atoms with Crippen molar-refractivity contribution in [2.45, 2.75) is 51.5 Å². The summed E-state index contributed by atoms with van der Waals surface area (Å²) >= 11 is 2.47. The van der Waals surface area contributed by atoms with E-state index in [-0.39, 0.29) is 0 Å². The molecule has 3 rings (SSSR count). The van der Waals surface area contributed by atoms with Crippen LogP contribution in [0, 0.1) is 15.4 Å². The molecule has 1 aromatic rings. The fraction of sp³-hybridized carbons (Fsp3) is 0.625. The van der Waals surface area contributed by atoms with Crippen LogP contribution in [0.5, 0.6) is 0 Å². The third-order valence-corrected chi connectivity index (χ3v) is 5.98. The molecule has 98 valence electrons. The lowest BCUT2D eigenvalue weighted by molar-refractivity contribution is 0.173. The summed E-state index contributed by atoms with van der Waals surface area (Å²) in [5, 5.41) is 3.85. The van der Waals surface area contributed by atoms with Crippen molar-refractivity contribution >= 4 is 28.3 Å². The van der Waals surface area contributed by atoms with Crippen molar-refractivity contribution in [2.24, 2.45) is 11.8 Å². The molecule has 2 heteroatoms. The van der Waals surface area contributed by atoms with Gasteiger partial charge in [-0.15, -0.1) is 0 Å². The van der Waals surface area contributed by atoms with Gasteiger partial charge in [0.05, 0.1) is 5.69 Å². The van der Waals surface area contributed by atoms with Crippen molar-refractivity contribution in [2.75, 3.05) is 5.32 Å². The van der Waals surface area contributed by atoms with Gasteiger partial charge in [0.25, 0.3) is 0 Å². The van der Waals surface area contributed by atoms with Gasteiger partial charge in [-0.25, -0.2) is 0 Å². The molecule has 3 atom stereocenters. The third kappa shape index (κ3) is 1.87. The maximum absolute atomic E-state index is 3.85. The molecule has 0 aromatic heterocycles. The van der Waals surface area contributed by atoms with E-state index in [9.17, 15) is 0 Å². The normalized spacial score (nSPS) is 33.2. The summed E-state index contributed by atoms with van der Waals surface area (Å²) in [4.78, 5) is 0. The van der Waals surface area contributed by atoms with Crippen LogP contribution in [0.2, 0.25) is 0 Å². The second-order valence-electron chi connectivity index (χ2n) is 6.66. The van der Waals surface area contributed by atoms with Crippen LogP contribution in [-0.4, -0.2) is 6.04 Å².